The van der Waals surface area contributed by atoms with Crippen molar-refractivity contribution in [2.75, 3.05) is 17.7 Å². The Labute approximate surface area is 159 Å². The second-order valence-electron chi connectivity index (χ2n) is 6.82. The maximum atomic E-state index is 13.7. The second kappa shape index (κ2) is 7.93. The zero-order chi connectivity index (χ0) is 18.8. The van der Waals surface area contributed by atoms with Crippen molar-refractivity contribution in [3.63, 3.8) is 0 Å². The van der Waals surface area contributed by atoms with E-state index in [0.717, 1.165) is 50.2 Å². The first-order valence-electron chi connectivity index (χ1n) is 9.02. The van der Waals surface area contributed by atoms with Gasteiger partial charge in [-0.2, -0.15) is 0 Å². The first kappa shape index (κ1) is 18.4. The fourth-order valence-electron chi connectivity index (χ4n) is 3.12. The molecule has 1 aliphatic carbocycles. The smallest absolute Gasteiger partial charge is 0.234 e. The van der Waals surface area contributed by atoms with Crippen molar-refractivity contribution >= 4 is 23.4 Å². The first-order valence-corrected chi connectivity index (χ1v) is 10.0. The fraction of sp³-hybridized carbons (Fsp3) is 0.500. The molecule has 1 saturated carbocycles. The van der Waals surface area contributed by atoms with Gasteiger partial charge in [0.15, 0.2) is 5.16 Å². The van der Waals surface area contributed by atoms with Crippen molar-refractivity contribution in [3.05, 3.63) is 35.7 Å². The van der Waals surface area contributed by atoms with E-state index < -0.39 is 11.6 Å². The summed E-state index contributed by atoms with van der Waals surface area (Å²) in [6, 6.07) is 3.05. The number of hydrogen-bond acceptors (Lipinski definition) is 5. The summed E-state index contributed by atoms with van der Waals surface area (Å²) in [6.45, 7) is 1.47. The zero-order valence-electron chi connectivity index (χ0n) is 14.7. The summed E-state index contributed by atoms with van der Waals surface area (Å²) in [5.41, 5.74) is -0.0403. The van der Waals surface area contributed by atoms with Gasteiger partial charge in [0, 0.05) is 18.6 Å². The minimum atomic E-state index is -0.800. The molecule has 4 rings (SSSR count). The van der Waals surface area contributed by atoms with E-state index in [-0.39, 0.29) is 23.5 Å². The minimum absolute atomic E-state index is 0.0403. The summed E-state index contributed by atoms with van der Waals surface area (Å²) in [5, 5.41) is 11.7. The van der Waals surface area contributed by atoms with Crippen molar-refractivity contribution in [3.8, 4) is 0 Å². The van der Waals surface area contributed by atoms with E-state index in [4.69, 9.17) is 4.74 Å². The van der Waals surface area contributed by atoms with Crippen LogP contribution >= 0.6 is 11.8 Å². The highest BCUT2D eigenvalue weighted by Gasteiger charge is 2.32. The number of nitrogens with one attached hydrogen (secondary N) is 1. The molecule has 1 N–H and O–H groups in total. The molecular formula is C18H20F2N4O2S. The lowest BCUT2D eigenvalue weighted by molar-refractivity contribution is -0.113. The molecule has 2 heterocycles. The van der Waals surface area contributed by atoms with E-state index in [1.54, 1.807) is 0 Å². The van der Waals surface area contributed by atoms with Gasteiger partial charge in [-0.05, 0) is 37.8 Å². The van der Waals surface area contributed by atoms with Crippen molar-refractivity contribution in [1.29, 1.82) is 0 Å². The molecule has 1 atom stereocenters. The average Bonchev–Trinajstić information content (AvgIpc) is 3.20. The molecule has 9 heteroatoms. The predicted octanol–water partition coefficient (Wildman–Crippen LogP) is 3.34. The third kappa shape index (κ3) is 4.47. The number of amides is 1. The number of anilines is 1. The van der Waals surface area contributed by atoms with Crippen LogP contribution in [0.1, 0.15) is 37.4 Å². The SMILES string of the molecule is O=C(CSc1nnc(C2CC2)n1CC1CCCO1)Nc1ccc(F)cc1F. The van der Waals surface area contributed by atoms with Gasteiger partial charge in [0.25, 0.3) is 0 Å². The molecule has 27 heavy (non-hydrogen) atoms. The lowest BCUT2D eigenvalue weighted by atomic mass is 10.2. The lowest BCUT2D eigenvalue weighted by Gasteiger charge is -2.14. The number of benzene rings is 1. The number of aromatic nitrogens is 3. The first-order chi connectivity index (χ1) is 13.1. The van der Waals surface area contributed by atoms with Crippen molar-refractivity contribution < 1.29 is 18.3 Å². The van der Waals surface area contributed by atoms with Crippen LogP contribution in [0.2, 0.25) is 0 Å². The van der Waals surface area contributed by atoms with Gasteiger partial charge in [0.2, 0.25) is 5.91 Å². The molecule has 0 bridgehead atoms. The number of ether oxygens (including phenoxy) is 1. The minimum Gasteiger partial charge on any atom is -0.376 e. The molecule has 1 saturated heterocycles. The molecule has 0 radical (unpaired) electrons. The summed E-state index contributed by atoms with van der Waals surface area (Å²) in [4.78, 5) is 12.2. The second-order valence-corrected chi connectivity index (χ2v) is 7.76. The molecule has 2 aromatic rings. The summed E-state index contributed by atoms with van der Waals surface area (Å²) >= 11 is 1.26. The Morgan fingerprint density at radius 1 is 1.30 bits per heavy atom. The molecule has 1 unspecified atom stereocenters. The maximum Gasteiger partial charge on any atom is 0.234 e. The van der Waals surface area contributed by atoms with Gasteiger partial charge in [0.05, 0.1) is 24.1 Å². The standard InChI is InChI=1S/C18H20F2N4O2S/c19-12-5-6-15(14(20)8-12)21-16(25)10-27-18-23-22-17(11-3-4-11)24(18)9-13-2-1-7-26-13/h5-6,8,11,13H,1-4,7,9-10H2,(H,21,25). The fourth-order valence-corrected chi connectivity index (χ4v) is 3.88. The van der Waals surface area contributed by atoms with E-state index >= 15 is 0 Å². The Bertz CT molecular complexity index is 835. The van der Waals surface area contributed by atoms with Crippen LogP contribution in [-0.2, 0) is 16.1 Å². The lowest BCUT2D eigenvalue weighted by Crippen LogP contribution is -2.19. The third-order valence-corrected chi connectivity index (χ3v) is 5.60. The van der Waals surface area contributed by atoms with E-state index in [1.165, 1.54) is 17.8 Å². The molecule has 1 amide bonds. The Balaban J connectivity index is 1.40. The molecule has 2 fully saturated rings. The van der Waals surface area contributed by atoms with Gasteiger partial charge in [-0.3, -0.25) is 4.79 Å². The van der Waals surface area contributed by atoms with Crippen molar-refractivity contribution in [2.24, 2.45) is 0 Å². The average molecular weight is 394 g/mol. The molecule has 1 aliphatic heterocycles. The number of carbonyl (C=O) groups excluding carboxylic acids is 1. The number of rotatable bonds is 7. The number of hydrogen-bond donors (Lipinski definition) is 1. The monoisotopic (exact) mass is 394 g/mol. The normalized spacial score (nSPS) is 19.4. The number of halogens is 2. The van der Waals surface area contributed by atoms with Crippen molar-refractivity contribution in [1.82, 2.24) is 14.8 Å². The zero-order valence-corrected chi connectivity index (χ0v) is 15.5. The van der Waals surface area contributed by atoms with E-state index in [2.05, 4.69) is 20.1 Å². The van der Waals surface area contributed by atoms with Gasteiger partial charge in [-0.25, -0.2) is 8.78 Å². The van der Waals surface area contributed by atoms with Gasteiger partial charge < -0.3 is 14.6 Å². The predicted molar refractivity (Wildman–Crippen MR) is 96.7 cm³/mol. The molecule has 6 nitrogen and oxygen atoms in total. The highest BCUT2D eigenvalue weighted by Crippen LogP contribution is 2.40. The maximum absolute atomic E-state index is 13.7. The van der Waals surface area contributed by atoms with Crippen LogP contribution in [0.25, 0.3) is 0 Å². The molecule has 0 spiro atoms. The molecular weight excluding hydrogens is 374 g/mol. The van der Waals surface area contributed by atoms with Gasteiger partial charge in [-0.15, -0.1) is 10.2 Å². The van der Waals surface area contributed by atoms with Crippen LogP contribution in [0.4, 0.5) is 14.5 Å². The van der Waals surface area contributed by atoms with E-state index in [1.807, 2.05) is 0 Å². The summed E-state index contributed by atoms with van der Waals surface area (Å²) in [5.74, 6) is -0.412. The highest BCUT2D eigenvalue weighted by molar-refractivity contribution is 7.99. The van der Waals surface area contributed by atoms with E-state index in [0.29, 0.717) is 17.6 Å². The van der Waals surface area contributed by atoms with Crippen LogP contribution < -0.4 is 5.32 Å². The Morgan fingerprint density at radius 2 is 2.15 bits per heavy atom. The van der Waals surface area contributed by atoms with Crippen LogP contribution in [-0.4, -0.2) is 39.1 Å². The summed E-state index contributed by atoms with van der Waals surface area (Å²) in [7, 11) is 0. The van der Waals surface area contributed by atoms with Gasteiger partial charge in [-0.1, -0.05) is 11.8 Å². The molecule has 1 aromatic heterocycles. The Kier molecular flexibility index (Phi) is 5.40. The number of nitrogens with zero attached hydrogens (tertiary/aromatic N) is 3. The third-order valence-electron chi connectivity index (χ3n) is 4.64. The summed E-state index contributed by atoms with van der Waals surface area (Å²) < 4.78 is 34.4. The topological polar surface area (TPSA) is 69.0 Å². The molecule has 1 aromatic carbocycles. The Hall–Kier alpha value is -2.00. The molecule has 144 valence electrons. The summed E-state index contributed by atoms with van der Waals surface area (Å²) in [6.07, 6.45) is 4.44. The van der Waals surface area contributed by atoms with Crippen LogP contribution in [0.5, 0.6) is 0 Å². The molecule has 2 aliphatic rings. The van der Waals surface area contributed by atoms with Crippen LogP contribution in [0.3, 0.4) is 0 Å². The quantitative estimate of drug-likeness (QED) is 0.730. The van der Waals surface area contributed by atoms with Crippen LogP contribution in [0.15, 0.2) is 23.4 Å². The van der Waals surface area contributed by atoms with Gasteiger partial charge >= 0.3 is 0 Å². The Morgan fingerprint density at radius 3 is 2.85 bits per heavy atom. The van der Waals surface area contributed by atoms with E-state index in [9.17, 15) is 13.6 Å². The number of carbonyl (C=O) groups is 1. The van der Waals surface area contributed by atoms with Crippen molar-refractivity contribution in [2.45, 2.75) is 49.4 Å². The number of thioether (sulfide) groups is 1. The van der Waals surface area contributed by atoms with Gasteiger partial charge in [0.1, 0.15) is 17.5 Å². The highest BCUT2D eigenvalue weighted by atomic mass is 32.2. The van der Waals surface area contributed by atoms with Crippen LogP contribution in [0, 0.1) is 11.6 Å². The largest absolute Gasteiger partial charge is 0.376 e.